The highest BCUT2D eigenvalue weighted by Crippen LogP contribution is 2.80. The summed E-state index contributed by atoms with van der Waals surface area (Å²) in [5.74, 6) is -2.09. The molecule has 5 heterocycles. The van der Waals surface area contributed by atoms with Gasteiger partial charge in [-0.15, -0.1) is 0 Å². The molecule has 6 fully saturated rings. The first kappa shape index (κ1) is 22.0. The molecule has 1 aromatic rings. The van der Waals surface area contributed by atoms with Gasteiger partial charge >= 0.3 is 11.9 Å². The van der Waals surface area contributed by atoms with Crippen LogP contribution in [-0.4, -0.2) is 58.9 Å². The number of carbonyl (C=O) groups excluding carboxylic acids is 3. The number of hydrogen-bond donors (Lipinski definition) is 1. The molecular weight excluding hydrogens is 456 g/mol. The number of carbonyl (C=O) groups is 3. The Labute approximate surface area is 202 Å². The van der Waals surface area contributed by atoms with E-state index in [2.05, 4.69) is 0 Å². The Balaban J connectivity index is 1.43. The van der Waals surface area contributed by atoms with Crippen LogP contribution in [0.15, 0.2) is 23.0 Å². The Kier molecular flexibility index (Phi) is 3.88. The second-order valence-electron chi connectivity index (χ2n) is 12.3. The zero-order chi connectivity index (χ0) is 24.8. The van der Waals surface area contributed by atoms with E-state index in [-0.39, 0.29) is 30.7 Å². The summed E-state index contributed by atoms with van der Waals surface area (Å²) < 4.78 is 29.6. The zero-order valence-corrected chi connectivity index (χ0v) is 20.2. The van der Waals surface area contributed by atoms with E-state index in [1.807, 2.05) is 27.7 Å². The lowest BCUT2D eigenvalue weighted by molar-refractivity contribution is -0.252. The molecule has 188 valence electrons. The lowest BCUT2D eigenvalue weighted by atomic mass is 9.36. The van der Waals surface area contributed by atoms with Crippen molar-refractivity contribution in [2.45, 2.75) is 82.6 Å². The maximum absolute atomic E-state index is 14.1. The zero-order valence-electron chi connectivity index (χ0n) is 20.2. The van der Waals surface area contributed by atoms with Crippen LogP contribution in [0.5, 0.6) is 0 Å². The van der Waals surface area contributed by atoms with Crippen LogP contribution in [0.4, 0.5) is 0 Å². The fourth-order valence-electron chi connectivity index (χ4n) is 9.52. The number of esters is 2. The van der Waals surface area contributed by atoms with Gasteiger partial charge in [-0.1, -0.05) is 13.8 Å². The van der Waals surface area contributed by atoms with Gasteiger partial charge in [0.2, 0.25) is 0 Å². The number of aliphatic hydroxyl groups is 1. The third kappa shape index (κ3) is 2.14. The third-order valence-electron chi connectivity index (χ3n) is 10.7. The predicted molar refractivity (Wildman–Crippen MR) is 116 cm³/mol. The van der Waals surface area contributed by atoms with E-state index in [4.69, 9.17) is 23.4 Å². The molecule has 1 N–H and O–H groups in total. The minimum Gasteiger partial charge on any atom is -0.472 e. The van der Waals surface area contributed by atoms with Crippen LogP contribution in [0.25, 0.3) is 0 Å². The topological polar surface area (TPSA) is 125 Å². The first-order chi connectivity index (χ1) is 16.4. The Bertz CT molecular complexity index is 1160. The standard InChI is InChI=1S/C26H30O9/c1-22(2)17-16(28)18(29)24(4)13(25(17)11-32-15(27)9-14(25)34-22)5-7-23(3)19(12-6-8-31-10-12)33-21(30)20-26(23,24)35-20/h6,8,10,13-14,17-20,29H,5,7,9,11H2,1-4H3/t13?,14?,17?,18-,19?,20+,23?,24-,25?,26+/m0/s1. The van der Waals surface area contributed by atoms with Gasteiger partial charge in [0.1, 0.15) is 24.4 Å². The molecule has 0 aromatic carbocycles. The minimum absolute atomic E-state index is 0.0520. The Morgan fingerprint density at radius 3 is 2.54 bits per heavy atom. The summed E-state index contributed by atoms with van der Waals surface area (Å²) in [6, 6.07) is 1.77. The summed E-state index contributed by atoms with van der Waals surface area (Å²) in [5, 5.41) is 11.8. The van der Waals surface area contributed by atoms with Gasteiger partial charge in [-0.2, -0.15) is 0 Å². The summed E-state index contributed by atoms with van der Waals surface area (Å²) in [7, 11) is 0. The van der Waals surface area contributed by atoms with Crippen molar-refractivity contribution < 1.29 is 42.9 Å². The molecule has 4 aliphatic heterocycles. The van der Waals surface area contributed by atoms with Gasteiger partial charge in [-0.25, -0.2) is 4.79 Å². The van der Waals surface area contributed by atoms with Crippen LogP contribution in [0.3, 0.4) is 0 Å². The lowest BCUT2D eigenvalue weighted by Gasteiger charge is -2.66. The number of aliphatic hydroxyl groups excluding tert-OH is 1. The van der Waals surface area contributed by atoms with E-state index in [1.165, 1.54) is 6.26 Å². The van der Waals surface area contributed by atoms with Crippen LogP contribution in [0.2, 0.25) is 0 Å². The smallest absolute Gasteiger partial charge is 0.339 e. The Morgan fingerprint density at radius 1 is 1.06 bits per heavy atom. The molecule has 7 rings (SSSR count). The van der Waals surface area contributed by atoms with Crippen LogP contribution in [0.1, 0.15) is 58.6 Å². The van der Waals surface area contributed by atoms with Crippen molar-refractivity contribution in [3.8, 4) is 0 Å². The summed E-state index contributed by atoms with van der Waals surface area (Å²) in [6.07, 6.45) is 1.02. The number of ketones is 1. The molecular formula is C26H30O9. The molecule has 35 heavy (non-hydrogen) atoms. The van der Waals surface area contributed by atoms with Crippen molar-refractivity contribution in [1.82, 2.24) is 0 Å². The fraction of sp³-hybridized carbons (Fsp3) is 0.731. The van der Waals surface area contributed by atoms with E-state index in [0.717, 1.165) is 5.56 Å². The molecule has 9 heteroatoms. The van der Waals surface area contributed by atoms with Gasteiger partial charge in [-0.05, 0) is 38.7 Å². The highest BCUT2D eigenvalue weighted by molar-refractivity contribution is 5.92. The van der Waals surface area contributed by atoms with Crippen molar-refractivity contribution in [3.05, 3.63) is 24.2 Å². The molecule has 6 unspecified atom stereocenters. The normalized spacial score (nSPS) is 53.3. The maximum atomic E-state index is 14.1. The van der Waals surface area contributed by atoms with Gasteiger partial charge in [-0.3, -0.25) is 9.59 Å². The van der Waals surface area contributed by atoms with Crippen LogP contribution in [0, 0.1) is 28.1 Å². The number of hydrogen-bond acceptors (Lipinski definition) is 9. The first-order valence-electron chi connectivity index (χ1n) is 12.4. The van der Waals surface area contributed by atoms with Crippen LogP contribution < -0.4 is 0 Å². The minimum atomic E-state index is -1.37. The largest absolute Gasteiger partial charge is 0.472 e. The molecule has 4 saturated heterocycles. The highest BCUT2D eigenvalue weighted by Gasteiger charge is 2.90. The molecule has 9 nitrogen and oxygen atoms in total. The van der Waals surface area contributed by atoms with E-state index in [0.29, 0.717) is 12.8 Å². The Hall–Kier alpha value is -2.23. The highest BCUT2D eigenvalue weighted by atomic mass is 16.7. The molecule has 10 atom stereocenters. The molecule has 2 spiro atoms. The molecule has 1 aromatic heterocycles. The molecule has 2 aliphatic carbocycles. The second-order valence-corrected chi connectivity index (χ2v) is 12.3. The van der Waals surface area contributed by atoms with E-state index < -0.39 is 63.8 Å². The van der Waals surface area contributed by atoms with Gasteiger partial charge in [0, 0.05) is 21.8 Å². The molecule has 0 radical (unpaired) electrons. The number of ether oxygens (including phenoxy) is 4. The summed E-state index contributed by atoms with van der Waals surface area (Å²) >= 11 is 0. The summed E-state index contributed by atoms with van der Waals surface area (Å²) in [4.78, 5) is 39.6. The average Bonchev–Trinajstić information content (AvgIpc) is 3.26. The van der Waals surface area contributed by atoms with Crippen LogP contribution in [-0.2, 0) is 33.3 Å². The predicted octanol–water partition coefficient (Wildman–Crippen LogP) is 2.11. The molecule has 6 aliphatic rings. The van der Waals surface area contributed by atoms with Crippen LogP contribution >= 0.6 is 0 Å². The lowest BCUT2D eigenvalue weighted by Crippen LogP contribution is -2.76. The van der Waals surface area contributed by atoms with Gasteiger partial charge in [0.15, 0.2) is 11.9 Å². The monoisotopic (exact) mass is 486 g/mol. The second kappa shape index (κ2) is 6.18. The van der Waals surface area contributed by atoms with E-state index in [9.17, 15) is 19.5 Å². The number of epoxide rings is 1. The van der Waals surface area contributed by atoms with Crippen molar-refractivity contribution in [2.75, 3.05) is 6.61 Å². The number of cyclic esters (lactones) is 2. The van der Waals surface area contributed by atoms with Gasteiger partial charge in [0.25, 0.3) is 0 Å². The average molecular weight is 487 g/mol. The number of fused-ring (bicyclic) bond motifs is 1. The van der Waals surface area contributed by atoms with Gasteiger partial charge in [0.05, 0.1) is 36.6 Å². The summed E-state index contributed by atoms with van der Waals surface area (Å²) in [6.45, 7) is 7.66. The van der Waals surface area contributed by atoms with E-state index >= 15 is 0 Å². The quantitative estimate of drug-likeness (QED) is 0.469. The number of Topliss-reactive ketones (excluding diaryl/α,β-unsaturated/α-hetero) is 1. The maximum Gasteiger partial charge on any atom is 0.339 e. The fourth-order valence-corrected chi connectivity index (χ4v) is 9.52. The Morgan fingerprint density at radius 2 is 1.83 bits per heavy atom. The van der Waals surface area contributed by atoms with Crippen molar-refractivity contribution in [1.29, 1.82) is 0 Å². The van der Waals surface area contributed by atoms with Crippen molar-refractivity contribution >= 4 is 17.7 Å². The van der Waals surface area contributed by atoms with E-state index in [1.54, 1.807) is 12.3 Å². The molecule has 0 bridgehead atoms. The number of furan rings is 1. The molecule has 2 saturated carbocycles. The molecule has 0 amide bonds. The summed E-state index contributed by atoms with van der Waals surface area (Å²) in [5.41, 5.74) is -3.90. The van der Waals surface area contributed by atoms with Gasteiger partial charge < -0.3 is 28.5 Å². The number of rotatable bonds is 1. The van der Waals surface area contributed by atoms with Crippen molar-refractivity contribution in [3.63, 3.8) is 0 Å². The SMILES string of the molecule is CC1(C)OC2CC(=O)OCC23C1C(=O)[C@H](O)[C@]1(C)C3CCC2(C)C(c3ccoc3)OC(=O)[C@H]3O[C@]321. The van der Waals surface area contributed by atoms with Crippen molar-refractivity contribution in [2.24, 2.45) is 28.1 Å². The third-order valence-corrected chi connectivity index (χ3v) is 10.7. The first-order valence-corrected chi connectivity index (χ1v) is 12.4.